The Hall–Kier alpha value is -3.65. The third-order valence-corrected chi connectivity index (χ3v) is 7.16. The topological polar surface area (TPSA) is 125 Å². The third kappa shape index (κ3) is 5.85. The number of nitrogens with one attached hydrogen (secondary N) is 2. The molecule has 8 heteroatoms. The van der Waals surface area contributed by atoms with Crippen LogP contribution in [-0.4, -0.2) is 53.4 Å². The number of benzene rings is 2. The molecule has 0 saturated heterocycles. The van der Waals surface area contributed by atoms with Gasteiger partial charge in [0.05, 0.1) is 6.10 Å². The van der Waals surface area contributed by atoms with Crippen molar-refractivity contribution in [2.75, 3.05) is 13.2 Å². The molecule has 0 heterocycles. The lowest BCUT2D eigenvalue weighted by atomic mass is 9.73. The minimum Gasteiger partial charge on any atom is -0.480 e. The van der Waals surface area contributed by atoms with Crippen LogP contribution in [0.25, 0.3) is 11.1 Å². The highest BCUT2D eigenvalue weighted by Crippen LogP contribution is 2.44. The summed E-state index contributed by atoms with van der Waals surface area (Å²) in [5.41, 5.74) is 4.76. The van der Waals surface area contributed by atoms with Crippen LogP contribution in [-0.2, 0) is 14.3 Å². The van der Waals surface area contributed by atoms with E-state index >= 15 is 0 Å². The summed E-state index contributed by atoms with van der Waals surface area (Å²) < 4.78 is 5.50. The Kier molecular flexibility index (Phi) is 7.68. The molecule has 0 aromatic heterocycles. The molecule has 2 aliphatic carbocycles. The van der Waals surface area contributed by atoms with E-state index in [1.165, 1.54) is 0 Å². The van der Waals surface area contributed by atoms with Crippen LogP contribution >= 0.6 is 0 Å². The SMILES string of the molecule is C/C(N[C@@H](CCNC(=O)OCC1c2ccccc2-c2ccccc21)C(=O)O)=C1/C(=O)CC(C)(C)CC1O. The molecular weight excluding hydrogens is 472 g/mol. The predicted octanol–water partition coefficient (Wildman–Crippen LogP) is 3.98. The van der Waals surface area contributed by atoms with Crippen molar-refractivity contribution in [2.45, 2.75) is 58.1 Å². The average Bonchev–Trinajstić information content (AvgIpc) is 3.14. The van der Waals surface area contributed by atoms with E-state index in [0.29, 0.717) is 18.5 Å². The van der Waals surface area contributed by atoms with Gasteiger partial charge < -0.3 is 25.6 Å². The molecule has 37 heavy (non-hydrogen) atoms. The van der Waals surface area contributed by atoms with Crippen LogP contribution in [0.3, 0.4) is 0 Å². The number of alkyl carbamates (subject to hydrolysis) is 1. The number of fused-ring (bicyclic) bond motifs is 3. The number of carbonyl (C=O) groups excluding carboxylic acids is 2. The Morgan fingerprint density at radius 3 is 2.24 bits per heavy atom. The van der Waals surface area contributed by atoms with E-state index in [0.717, 1.165) is 22.3 Å². The van der Waals surface area contributed by atoms with Crippen molar-refractivity contribution in [3.8, 4) is 11.1 Å². The van der Waals surface area contributed by atoms with Crippen molar-refractivity contribution < 1.29 is 29.3 Å². The predicted molar refractivity (Wildman–Crippen MR) is 139 cm³/mol. The lowest BCUT2D eigenvalue weighted by Gasteiger charge is -2.34. The molecule has 2 aromatic carbocycles. The fourth-order valence-electron chi connectivity index (χ4n) is 5.44. The Labute approximate surface area is 216 Å². The van der Waals surface area contributed by atoms with Gasteiger partial charge in [-0.1, -0.05) is 62.4 Å². The zero-order chi connectivity index (χ0) is 26.7. The van der Waals surface area contributed by atoms with Crippen LogP contribution < -0.4 is 10.6 Å². The summed E-state index contributed by atoms with van der Waals surface area (Å²) in [6.45, 7) is 5.67. The molecule has 8 nitrogen and oxygen atoms in total. The van der Waals surface area contributed by atoms with Gasteiger partial charge in [-0.2, -0.15) is 0 Å². The van der Waals surface area contributed by atoms with E-state index in [1.807, 2.05) is 50.2 Å². The van der Waals surface area contributed by atoms with Gasteiger partial charge in [0.1, 0.15) is 12.6 Å². The molecule has 1 unspecified atom stereocenters. The first-order valence-corrected chi connectivity index (χ1v) is 12.6. The number of carboxylic acid groups (broad SMARTS) is 1. The smallest absolute Gasteiger partial charge is 0.407 e. The van der Waals surface area contributed by atoms with Gasteiger partial charge in [-0.05, 0) is 47.4 Å². The molecule has 2 aliphatic rings. The summed E-state index contributed by atoms with van der Waals surface area (Å²) in [5.74, 6) is -1.37. The second kappa shape index (κ2) is 10.8. The van der Waals surface area contributed by atoms with Gasteiger partial charge in [0.2, 0.25) is 0 Å². The minimum absolute atomic E-state index is 0.0623. The summed E-state index contributed by atoms with van der Waals surface area (Å²) in [7, 11) is 0. The van der Waals surface area contributed by atoms with Gasteiger partial charge in [0.15, 0.2) is 5.78 Å². The lowest BCUT2D eigenvalue weighted by Crippen LogP contribution is -2.42. The number of ether oxygens (including phenoxy) is 1. The molecule has 0 spiro atoms. The fraction of sp³-hybridized carbons (Fsp3) is 0.414. The maximum absolute atomic E-state index is 12.6. The molecule has 0 bridgehead atoms. The van der Waals surface area contributed by atoms with E-state index in [-0.39, 0.29) is 42.3 Å². The summed E-state index contributed by atoms with van der Waals surface area (Å²) in [5, 5.41) is 25.6. The maximum atomic E-state index is 12.6. The number of carbonyl (C=O) groups is 3. The summed E-state index contributed by atoms with van der Waals surface area (Å²) in [4.78, 5) is 36.8. The Morgan fingerprint density at radius 1 is 1.08 bits per heavy atom. The number of aliphatic carboxylic acids is 1. The molecule has 2 atom stereocenters. The van der Waals surface area contributed by atoms with Gasteiger partial charge in [-0.3, -0.25) is 4.79 Å². The zero-order valence-corrected chi connectivity index (χ0v) is 21.4. The largest absolute Gasteiger partial charge is 0.480 e. The number of amides is 1. The Morgan fingerprint density at radius 2 is 1.68 bits per heavy atom. The van der Waals surface area contributed by atoms with Crippen molar-refractivity contribution in [2.24, 2.45) is 5.41 Å². The quantitative estimate of drug-likeness (QED) is 0.399. The number of aliphatic hydroxyl groups excluding tert-OH is 1. The van der Waals surface area contributed by atoms with Crippen molar-refractivity contribution in [1.82, 2.24) is 10.6 Å². The average molecular weight is 507 g/mol. The third-order valence-electron chi connectivity index (χ3n) is 7.16. The van der Waals surface area contributed by atoms with Crippen molar-refractivity contribution in [3.63, 3.8) is 0 Å². The first-order valence-electron chi connectivity index (χ1n) is 12.6. The normalized spacial score (nSPS) is 20.4. The molecule has 1 amide bonds. The Balaban J connectivity index is 1.31. The van der Waals surface area contributed by atoms with Crippen LogP contribution in [0.15, 0.2) is 59.8 Å². The maximum Gasteiger partial charge on any atom is 0.407 e. The van der Waals surface area contributed by atoms with Crippen LogP contribution in [0.5, 0.6) is 0 Å². The standard InChI is InChI=1S/C29H34N2O6/c1-17(26-24(32)14-29(2,3)15-25(26)33)31-23(27(34)35)12-13-30-28(36)37-16-22-20-10-6-4-8-18(20)19-9-5-7-11-21(19)22/h4-11,22-24,31-32H,12-16H2,1-3H3,(H,30,36)(H,34,35)/b26-17-/t23-,24?/m0/s1. The van der Waals surface area contributed by atoms with Gasteiger partial charge in [-0.25, -0.2) is 9.59 Å². The van der Waals surface area contributed by atoms with E-state index in [2.05, 4.69) is 22.8 Å². The number of rotatable bonds is 8. The molecule has 0 aliphatic heterocycles. The van der Waals surface area contributed by atoms with Crippen LogP contribution in [0.2, 0.25) is 0 Å². The van der Waals surface area contributed by atoms with Gasteiger partial charge in [-0.15, -0.1) is 0 Å². The van der Waals surface area contributed by atoms with Gasteiger partial charge in [0.25, 0.3) is 0 Å². The minimum atomic E-state index is -1.12. The summed E-state index contributed by atoms with van der Waals surface area (Å²) >= 11 is 0. The molecule has 1 fully saturated rings. The Bertz CT molecular complexity index is 1190. The molecule has 0 radical (unpaired) electrons. The molecule has 4 N–H and O–H groups in total. The van der Waals surface area contributed by atoms with Crippen molar-refractivity contribution >= 4 is 17.8 Å². The number of carboxylic acids is 1. The fourth-order valence-corrected chi connectivity index (χ4v) is 5.44. The highest BCUT2D eigenvalue weighted by molar-refractivity contribution is 5.98. The van der Waals surface area contributed by atoms with Crippen molar-refractivity contribution in [1.29, 1.82) is 0 Å². The molecular formula is C29H34N2O6. The van der Waals surface area contributed by atoms with E-state index in [1.54, 1.807) is 6.92 Å². The summed E-state index contributed by atoms with van der Waals surface area (Å²) in [6.07, 6.45) is -0.786. The van der Waals surface area contributed by atoms with E-state index in [9.17, 15) is 24.6 Å². The number of allylic oxidation sites excluding steroid dienone is 1. The van der Waals surface area contributed by atoms with E-state index in [4.69, 9.17) is 4.74 Å². The first kappa shape index (κ1) is 26.4. The molecule has 2 aromatic rings. The highest BCUT2D eigenvalue weighted by atomic mass is 16.5. The van der Waals surface area contributed by atoms with Crippen LogP contribution in [0, 0.1) is 5.41 Å². The molecule has 4 rings (SSSR count). The lowest BCUT2D eigenvalue weighted by molar-refractivity contribution is -0.139. The van der Waals surface area contributed by atoms with E-state index < -0.39 is 24.2 Å². The summed E-state index contributed by atoms with van der Waals surface area (Å²) in [6, 6.07) is 15.1. The monoisotopic (exact) mass is 506 g/mol. The number of ketones is 1. The second-order valence-corrected chi connectivity index (χ2v) is 10.6. The van der Waals surface area contributed by atoms with Crippen molar-refractivity contribution in [3.05, 3.63) is 70.9 Å². The van der Waals surface area contributed by atoms with Gasteiger partial charge in [0, 0.05) is 30.2 Å². The van der Waals surface area contributed by atoms with Crippen LogP contribution in [0.1, 0.15) is 57.1 Å². The number of Topliss-reactive ketones (excluding diaryl/α,β-unsaturated/α-hetero) is 1. The second-order valence-electron chi connectivity index (χ2n) is 10.6. The first-order chi connectivity index (χ1) is 17.6. The van der Waals surface area contributed by atoms with Crippen LogP contribution in [0.4, 0.5) is 4.79 Å². The number of hydrogen-bond donors (Lipinski definition) is 4. The number of hydrogen-bond acceptors (Lipinski definition) is 6. The number of aliphatic hydroxyl groups is 1. The van der Waals surface area contributed by atoms with Gasteiger partial charge >= 0.3 is 12.1 Å². The molecule has 196 valence electrons. The highest BCUT2D eigenvalue weighted by Gasteiger charge is 2.37. The molecule has 1 saturated carbocycles. The zero-order valence-electron chi connectivity index (χ0n) is 21.4.